The zero-order valence-corrected chi connectivity index (χ0v) is 25.7. The summed E-state index contributed by atoms with van der Waals surface area (Å²) >= 11 is 1.93. The molecule has 0 saturated heterocycles. The van der Waals surface area contributed by atoms with E-state index in [-0.39, 0.29) is 5.99 Å². The van der Waals surface area contributed by atoms with E-state index in [4.69, 9.17) is 4.74 Å². The third-order valence-electron chi connectivity index (χ3n) is 9.47. The van der Waals surface area contributed by atoms with Crippen molar-refractivity contribution in [1.29, 1.82) is 0 Å². The molecule has 0 amide bonds. The first-order chi connectivity index (χ1) is 22.8. The van der Waals surface area contributed by atoms with Crippen LogP contribution in [0.3, 0.4) is 0 Å². The minimum atomic E-state index is 0.153. The number of nitrogens with zero attached hydrogens (tertiary/aromatic N) is 1. The number of benzene rings is 7. The van der Waals surface area contributed by atoms with Gasteiger partial charge in [-0.25, -0.2) is 0 Å². The Labute approximate surface area is 271 Å². The lowest BCUT2D eigenvalue weighted by Crippen LogP contribution is -2.46. The molecule has 0 spiro atoms. The van der Waals surface area contributed by atoms with E-state index in [1.165, 1.54) is 65.4 Å². The summed E-state index contributed by atoms with van der Waals surface area (Å²) in [7, 11) is 0. The Hall–Kier alpha value is -5.45. The average molecular weight is 604 g/mol. The van der Waals surface area contributed by atoms with Crippen LogP contribution in [0.2, 0.25) is 0 Å². The summed E-state index contributed by atoms with van der Waals surface area (Å²) in [6, 6.07) is 57.0. The van der Waals surface area contributed by atoms with E-state index in [9.17, 15) is 0 Å². The standard InChI is InChI=1S/C42H26BNOS/c1-2-11-27(12-3-1)28-13-10-14-29(23-28)30-24-35-34-17-6-9-20-41(34)46-43-36-22-21-31(26-39(36)45-40(25-30)42(35)43)44-37-18-7-4-15-32(37)33-16-5-8-19-38(33)44/h1-26H. The lowest BCUT2D eigenvalue weighted by atomic mass is 9.57. The highest BCUT2D eigenvalue weighted by Crippen LogP contribution is 2.45. The fraction of sp³-hybridized carbons (Fsp3) is 0. The minimum absolute atomic E-state index is 0.153. The van der Waals surface area contributed by atoms with E-state index < -0.39 is 0 Å². The van der Waals surface area contributed by atoms with Gasteiger partial charge in [0.2, 0.25) is 0 Å². The summed E-state index contributed by atoms with van der Waals surface area (Å²) in [5.41, 5.74) is 13.3. The molecular formula is C42H26BNOS. The summed E-state index contributed by atoms with van der Waals surface area (Å²) in [5, 5.41) is 2.52. The van der Waals surface area contributed by atoms with Crippen molar-refractivity contribution in [2.75, 3.05) is 0 Å². The SMILES string of the molecule is c1ccc(-c2cccc(-c3cc4c5c(c3)-c3ccccc3SB5c3ccc(-n5c6ccccc6c6ccccc65)cc3O4)c2)cc1. The number of hydrogen-bond donors (Lipinski definition) is 0. The average Bonchev–Trinajstić information content (AvgIpc) is 3.46. The van der Waals surface area contributed by atoms with Crippen LogP contribution < -0.4 is 15.7 Å². The van der Waals surface area contributed by atoms with Gasteiger partial charge in [0.1, 0.15) is 11.5 Å². The van der Waals surface area contributed by atoms with Crippen molar-refractivity contribution in [3.8, 4) is 50.6 Å². The van der Waals surface area contributed by atoms with Crippen LogP contribution in [0.4, 0.5) is 0 Å². The molecule has 2 aliphatic heterocycles. The van der Waals surface area contributed by atoms with Crippen LogP contribution in [-0.2, 0) is 0 Å². The monoisotopic (exact) mass is 603 g/mol. The quantitative estimate of drug-likeness (QED) is 0.187. The van der Waals surface area contributed by atoms with Crippen molar-refractivity contribution in [3.05, 3.63) is 158 Å². The fourth-order valence-corrected chi connectivity index (χ4v) is 8.76. The summed E-state index contributed by atoms with van der Waals surface area (Å²) in [5.74, 6) is 2.02. The summed E-state index contributed by atoms with van der Waals surface area (Å²) in [6.07, 6.45) is 0. The third-order valence-corrected chi connectivity index (χ3v) is 10.8. The fourth-order valence-electron chi connectivity index (χ4n) is 7.36. The number of ether oxygens (including phenoxy) is 1. The molecule has 0 unspecified atom stereocenters. The molecule has 214 valence electrons. The molecule has 0 radical (unpaired) electrons. The summed E-state index contributed by atoms with van der Waals surface area (Å²) in [4.78, 5) is 1.31. The van der Waals surface area contributed by atoms with Gasteiger partial charge in [-0.2, -0.15) is 11.6 Å². The second kappa shape index (κ2) is 10.0. The van der Waals surface area contributed by atoms with E-state index >= 15 is 0 Å². The minimum Gasteiger partial charge on any atom is -0.458 e. The van der Waals surface area contributed by atoms with Gasteiger partial charge in [-0.3, -0.25) is 0 Å². The highest BCUT2D eigenvalue weighted by Gasteiger charge is 2.39. The van der Waals surface area contributed by atoms with Crippen molar-refractivity contribution in [2.45, 2.75) is 4.90 Å². The second-order valence-electron chi connectivity index (χ2n) is 12.1. The molecule has 0 bridgehead atoms. The lowest BCUT2D eigenvalue weighted by Gasteiger charge is -2.33. The Morgan fingerprint density at radius 3 is 1.96 bits per heavy atom. The summed E-state index contributed by atoms with van der Waals surface area (Å²) < 4.78 is 9.32. The van der Waals surface area contributed by atoms with Gasteiger partial charge < -0.3 is 9.30 Å². The maximum absolute atomic E-state index is 6.95. The zero-order chi connectivity index (χ0) is 30.2. The lowest BCUT2D eigenvalue weighted by molar-refractivity contribution is 0.488. The Kier molecular flexibility index (Phi) is 5.64. The first-order valence-electron chi connectivity index (χ1n) is 15.7. The molecule has 0 fully saturated rings. The van der Waals surface area contributed by atoms with Gasteiger partial charge >= 0.3 is 0 Å². The molecule has 7 aromatic carbocycles. The van der Waals surface area contributed by atoms with Crippen molar-refractivity contribution < 1.29 is 4.74 Å². The molecule has 3 heterocycles. The van der Waals surface area contributed by atoms with E-state index in [1.807, 2.05) is 11.6 Å². The summed E-state index contributed by atoms with van der Waals surface area (Å²) in [6.45, 7) is 0. The van der Waals surface area contributed by atoms with E-state index in [1.54, 1.807) is 0 Å². The van der Waals surface area contributed by atoms with Crippen LogP contribution in [0, 0.1) is 0 Å². The highest BCUT2D eigenvalue weighted by molar-refractivity contribution is 8.28. The Balaban J connectivity index is 1.16. The molecule has 0 saturated carbocycles. The predicted octanol–water partition coefficient (Wildman–Crippen LogP) is 10.1. The maximum atomic E-state index is 6.95. The molecule has 0 atom stereocenters. The molecule has 0 N–H and O–H groups in total. The van der Waals surface area contributed by atoms with Gasteiger partial charge in [-0.05, 0) is 86.8 Å². The molecule has 4 heteroatoms. The largest absolute Gasteiger partial charge is 0.458 e. The van der Waals surface area contributed by atoms with Crippen LogP contribution in [0.25, 0.3) is 60.9 Å². The van der Waals surface area contributed by atoms with Crippen molar-refractivity contribution >= 4 is 50.3 Å². The molecular weight excluding hydrogens is 577 g/mol. The number of hydrogen-bond acceptors (Lipinski definition) is 2. The third kappa shape index (κ3) is 3.87. The normalized spacial score (nSPS) is 12.8. The highest BCUT2D eigenvalue weighted by atomic mass is 32.2. The maximum Gasteiger partial charge on any atom is 0.289 e. The molecule has 8 aromatic rings. The number of rotatable bonds is 3. The molecule has 46 heavy (non-hydrogen) atoms. The van der Waals surface area contributed by atoms with Crippen molar-refractivity contribution in [3.63, 3.8) is 0 Å². The molecule has 0 aliphatic carbocycles. The van der Waals surface area contributed by atoms with E-state index in [0.717, 1.165) is 22.7 Å². The first-order valence-corrected chi connectivity index (χ1v) is 16.6. The second-order valence-corrected chi connectivity index (χ2v) is 13.2. The predicted molar refractivity (Wildman–Crippen MR) is 194 cm³/mol. The number of para-hydroxylation sites is 2. The topological polar surface area (TPSA) is 14.2 Å². The molecule has 1 aromatic heterocycles. The Bertz CT molecular complexity index is 2450. The Morgan fingerprint density at radius 2 is 1.15 bits per heavy atom. The van der Waals surface area contributed by atoms with Crippen LogP contribution in [0.5, 0.6) is 11.5 Å². The van der Waals surface area contributed by atoms with Gasteiger partial charge in [0.15, 0.2) is 0 Å². The van der Waals surface area contributed by atoms with Crippen molar-refractivity contribution in [2.24, 2.45) is 0 Å². The van der Waals surface area contributed by atoms with Crippen LogP contribution in [0.15, 0.2) is 163 Å². The van der Waals surface area contributed by atoms with Crippen molar-refractivity contribution in [1.82, 2.24) is 4.57 Å². The van der Waals surface area contributed by atoms with Gasteiger partial charge in [0, 0.05) is 27.4 Å². The number of aromatic nitrogens is 1. The smallest absolute Gasteiger partial charge is 0.289 e. The van der Waals surface area contributed by atoms with E-state index in [0.29, 0.717) is 0 Å². The van der Waals surface area contributed by atoms with Gasteiger partial charge in [0.25, 0.3) is 5.99 Å². The Morgan fingerprint density at radius 1 is 0.478 bits per heavy atom. The van der Waals surface area contributed by atoms with Gasteiger partial charge in [-0.1, -0.05) is 109 Å². The first kappa shape index (κ1) is 25.8. The molecule has 2 nitrogen and oxygen atoms in total. The van der Waals surface area contributed by atoms with Crippen LogP contribution in [-0.4, -0.2) is 10.6 Å². The van der Waals surface area contributed by atoms with E-state index in [2.05, 4.69) is 162 Å². The van der Waals surface area contributed by atoms with Gasteiger partial charge in [0.05, 0.1) is 11.0 Å². The molecule has 2 aliphatic rings. The number of fused-ring (bicyclic) bond motifs is 7. The molecule has 10 rings (SSSR count). The van der Waals surface area contributed by atoms with Crippen LogP contribution in [0.1, 0.15) is 0 Å². The van der Waals surface area contributed by atoms with Crippen LogP contribution >= 0.6 is 11.6 Å². The zero-order valence-electron chi connectivity index (χ0n) is 24.9. The van der Waals surface area contributed by atoms with Gasteiger partial charge in [-0.15, -0.1) is 0 Å².